The lowest BCUT2D eigenvalue weighted by Gasteiger charge is -2.18. The molecule has 2 heterocycles. The number of imide groups is 1. The SMILES string of the molecule is O=C(Oc1cccc(N2C(=O)CCC2=O)c1)[C@H]1CC(=O)N(c2ccccc2Cl)C1. The third-order valence-electron chi connectivity index (χ3n) is 4.95. The fraction of sp³-hybridized carbons (Fsp3) is 0.238. The molecule has 2 aromatic rings. The number of ether oxygens (including phenoxy) is 1. The van der Waals surface area contributed by atoms with Gasteiger partial charge in [-0.2, -0.15) is 0 Å². The summed E-state index contributed by atoms with van der Waals surface area (Å²) >= 11 is 6.16. The Balaban J connectivity index is 1.47. The van der Waals surface area contributed by atoms with E-state index >= 15 is 0 Å². The van der Waals surface area contributed by atoms with Crippen LogP contribution < -0.4 is 14.5 Å². The van der Waals surface area contributed by atoms with Gasteiger partial charge in [-0.25, -0.2) is 0 Å². The van der Waals surface area contributed by atoms with Crippen LogP contribution in [0.2, 0.25) is 5.02 Å². The fourth-order valence-electron chi connectivity index (χ4n) is 3.52. The van der Waals surface area contributed by atoms with Gasteiger partial charge in [0.15, 0.2) is 0 Å². The zero-order valence-corrected chi connectivity index (χ0v) is 16.1. The molecule has 2 aliphatic heterocycles. The fourth-order valence-corrected chi connectivity index (χ4v) is 3.76. The van der Waals surface area contributed by atoms with E-state index in [2.05, 4.69) is 0 Å². The van der Waals surface area contributed by atoms with Crippen molar-refractivity contribution in [3.8, 4) is 5.75 Å². The molecule has 0 aliphatic carbocycles. The molecular formula is C21H17ClN2O5. The standard InChI is InChI=1S/C21H17ClN2O5/c22-16-6-1-2-7-17(16)23-12-13(10-20(23)27)21(28)29-15-5-3-4-14(11-15)24-18(25)8-9-19(24)26/h1-7,11,13H,8-10,12H2/t13-/m0/s1. The first kappa shape index (κ1) is 19.1. The van der Waals surface area contributed by atoms with Crippen LogP contribution in [-0.4, -0.2) is 30.2 Å². The molecule has 2 fully saturated rings. The minimum absolute atomic E-state index is 0.0207. The molecule has 0 radical (unpaired) electrons. The smallest absolute Gasteiger partial charge is 0.316 e. The molecular weight excluding hydrogens is 396 g/mol. The number of halogens is 1. The van der Waals surface area contributed by atoms with E-state index < -0.39 is 11.9 Å². The number of carbonyl (C=O) groups excluding carboxylic acids is 4. The number of benzene rings is 2. The first-order valence-corrected chi connectivity index (χ1v) is 9.54. The van der Waals surface area contributed by atoms with E-state index in [1.807, 2.05) is 0 Å². The number of hydrogen-bond donors (Lipinski definition) is 0. The summed E-state index contributed by atoms with van der Waals surface area (Å²) in [5.41, 5.74) is 0.922. The van der Waals surface area contributed by atoms with E-state index in [4.69, 9.17) is 16.3 Å². The molecule has 7 nitrogen and oxygen atoms in total. The average Bonchev–Trinajstić information content (AvgIpc) is 3.24. The van der Waals surface area contributed by atoms with Crippen molar-refractivity contribution in [2.45, 2.75) is 19.3 Å². The summed E-state index contributed by atoms with van der Waals surface area (Å²) in [6.07, 6.45) is 0.364. The van der Waals surface area contributed by atoms with Crippen LogP contribution in [0.1, 0.15) is 19.3 Å². The van der Waals surface area contributed by atoms with Crippen molar-refractivity contribution in [1.29, 1.82) is 0 Å². The van der Waals surface area contributed by atoms with Gasteiger partial charge in [-0.1, -0.05) is 29.8 Å². The summed E-state index contributed by atoms with van der Waals surface area (Å²) < 4.78 is 5.43. The molecule has 2 aromatic carbocycles. The highest BCUT2D eigenvalue weighted by molar-refractivity contribution is 6.33. The Morgan fingerprint density at radius 1 is 0.966 bits per heavy atom. The van der Waals surface area contributed by atoms with Crippen LogP contribution in [0, 0.1) is 5.92 Å². The van der Waals surface area contributed by atoms with E-state index in [0.29, 0.717) is 16.4 Å². The lowest BCUT2D eigenvalue weighted by Crippen LogP contribution is -2.29. The highest BCUT2D eigenvalue weighted by Crippen LogP contribution is 2.32. The van der Waals surface area contributed by atoms with Crippen LogP contribution in [0.4, 0.5) is 11.4 Å². The van der Waals surface area contributed by atoms with Gasteiger partial charge in [-0.05, 0) is 24.3 Å². The number of esters is 1. The first-order valence-electron chi connectivity index (χ1n) is 9.16. The molecule has 3 amide bonds. The number of para-hydroxylation sites is 1. The maximum atomic E-state index is 12.6. The Bertz CT molecular complexity index is 1010. The number of nitrogens with zero attached hydrogens (tertiary/aromatic N) is 2. The summed E-state index contributed by atoms with van der Waals surface area (Å²) in [6, 6.07) is 13.2. The Labute approximate surface area is 171 Å². The van der Waals surface area contributed by atoms with Crippen molar-refractivity contribution < 1.29 is 23.9 Å². The minimum atomic E-state index is -0.641. The van der Waals surface area contributed by atoms with Crippen LogP contribution in [-0.2, 0) is 19.2 Å². The van der Waals surface area contributed by atoms with Crippen molar-refractivity contribution in [3.05, 3.63) is 53.6 Å². The molecule has 0 spiro atoms. The summed E-state index contributed by atoms with van der Waals surface area (Å²) in [5.74, 6) is -1.75. The second-order valence-corrected chi connectivity index (χ2v) is 7.31. The van der Waals surface area contributed by atoms with Gasteiger partial charge in [0, 0.05) is 31.9 Å². The third kappa shape index (κ3) is 3.73. The van der Waals surface area contributed by atoms with E-state index in [1.165, 1.54) is 11.0 Å². The second-order valence-electron chi connectivity index (χ2n) is 6.90. The average molecular weight is 413 g/mol. The number of anilines is 2. The lowest BCUT2D eigenvalue weighted by molar-refractivity contribution is -0.139. The predicted molar refractivity (Wildman–Crippen MR) is 106 cm³/mol. The molecule has 0 unspecified atom stereocenters. The molecule has 0 saturated carbocycles. The quantitative estimate of drug-likeness (QED) is 0.438. The molecule has 0 bridgehead atoms. The Kier molecular flexibility index (Phi) is 5.07. The number of carbonyl (C=O) groups is 4. The predicted octanol–water partition coefficient (Wildman–Crippen LogP) is 2.95. The first-order chi connectivity index (χ1) is 13.9. The molecule has 8 heteroatoms. The molecule has 0 N–H and O–H groups in total. The van der Waals surface area contributed by atoms with Crippen LogP contribution >= 0.6 is 11.6 Å². The number of rotatable bonds is 4. The Morgan fingerprint density at radius 2 is 1.69 bits per heavy atom. The summed E-state index contributed by atoms with van der Waals surface area (Å²) in [4.78, 5) is 51.4. The Morgan fingerprint density at radius 3 is 2.41 bits per heavy atom. The maximum absolute atomic E-state index is 12.6. The van der Waals surface area contributed by atoms with Gasteiger partial charge in [0.2, 0.25) is 17.7 Å². The zero-order valence-electron chi connectivity index (χ0n) is 15.3. The zero-order chi connectivity index (χ0) is 20.5. The van der Waals surface area contributed by atoms with Gasteiger partial charge < -0.3 is 9.64 Å². The number of amides is 3. The van der Waals surface area contributed by atoms with Crippen molar-refractivity contribution in [1.82, 2.24) is 0 Å². The highest BCUT2D eigenvalue weighted by Gasteiger charge is 2.37. The van der Waals surface area contributed by atoms with Gasteiger partial charge in [0.25, 0.3) is 0 Å². The van der Waals surface area contributed by atoms with Gasteiger partial charge in [-0.15, -0.1) is 0 Å². The van der Waals surface area contributed by atoms with Crippen molar-refractivity contribution in [2.75, 3.05) is 16.3 Å². The van der Waals surface area contributed by atoms with Gasteiger partial charge in [0.1, 0.15) is 5.75 Å². The van der Waals surface area contributed by atoms with Crippen LogP contribution in [0.15, 0.2) is 48.5 Å². The van der Waals surface area contributed by atoms with E-state index in [0.717, 1.165) is 4.90 Å². The summed E-state index contributed by atoms with van der Waals surface area (Å²) in [6.45, 7) is 0.171. The van der Waals surface area contributed by atoms with Gasteiger partial charge in [-0.3, -0.25) is 24.1 Å². The minimum Gasteiger partial charge on any atom is -0.426 e. The molecule has 0 aromatic heterocycles. The van der Waals surface area contributed by atoms with E-state index in [-0.39, 0.29) is 49.3 Å². The van der Waals surface area contributed by atoms with Crippen molar-refractivity contribution in [3.63, 3.8) is 0 Å². The highest BCUT2D eigenvalue weighted by atomic mass is 35.5. The van der Waals surface area contributed by atoms with Crippen molar-refractivity contribution in [2.24, 2.45) is 5.92 Å². The maximum Gasteiger partial charge on any atom is 0.316 e. The van der Waals surface area contributed by atoms with Crippen LogP contribution in [0.25, 0.3) is 0 Å². The number of hydrogen-bond acceptors (Lipinski definition) is 5. The topological polar surface area (TPSA) is 84.0 Å². The van der Waals surface area contributed by atoms with Crippen molar-refractivity contribution >= 4 is 46.7 Å². The van der Waals surface area contributed by atoms with Crippen LogP contribution in [0.5, 0.6) is 5.75 Å². The molecule has 148 valence electrons. The molecule has 29 heavy (non-hydrogen) atoms. The third-order valence-corrected chi connectivity index (χ3v) is 5.27. The van der Waals surface area contributed by atoms with Crippen LogP contribution in [0.3, 0.4) is 0 Å². The summed E-state index contributed by atoms with van der Waals surface area (Å²) in [5, 5.41) is 0.433. The normalized spacial score (nSPS) is 19.2. The second kappa shape index (κ2) is 7.67. The Hall–Kier alpha value is -3.19. The van der Waals surface area contributed by atoms with E-state index in [9.17, 15) is 19.2 Å². The molecule has 1 atom stereocenters. The molecule has 4 rings (SSSR count). The largest absolute Gasteiger partial charge is 0.426 e. The monoisotopic (exact) mass is 412 g/mol. The van der Waals surface area contributed by atoms with Gasteiger partial charge in [0.05, 0.1) is 22.3 Å². The lowest BCUT2D eigenvalue weighted by atomic mass is 10.1. The van der Waals surface area contributed by atoms with E-state index in [1.54, 1.807) is 42.5 Å². The molecule has 2 aliphatic rings. The summed E-state index contributed by atoms with van der Waals surface area (Å²) in [7, 11) is 0. The molecule has 2 saturated heterocycles. The van der Waals surface area contributed by atoms with Gasteiger partial charge >= 0.3 is 5.97 Å².